The van der Waals surface area contributed by atoms with Gasteiger partial charge in [0.15, 0.2) is 0 Å². The Kier molecular flexibility index (Phi) is 3.43. The third-order valence-corrected chi connectivity index (χ3v) is 4.72. The molecule has 2 heterocycles. The van der Waals surface area contributed by atoms with Crippen molar-refractivity contribution in [3.05, 3.63) is 35.4 Å². The number of nitrogens with one attached hydrogen (secondary N) is 2. The van der Waals surface area contributed by atoms with Gasteiger partial charge in [-0.15, -0.1) is 0 Å². The zero-order chi connectivity index (χ0) is 15.1. The van der Waals surface area contributed by atoms with Crippen molar-refractivity contribution < 1.29 is 18.0 Å². The van der Waals surface area contributed by atoms with Gasteiger partial charge in [-0.1, -0.05) is 18.2 Å². The molecule has 1 atom stereocenters. The van der Waals surface area contributed by atoms with Crippen LogP contribution in [-0.4, -0.2) is 25.5 Å². The smallest absolute Gasteiger partial charge is 0.355 e. The zero-order valence-corrected chi connectivity index (χ0v) is 11.5. The minimum Gasteiger partial charge on any atom is -0.355 e. The van der Waals surface area contributed by atoms with E-state index in [1.807, 2.05) is 0 Å². The van der Waals surface area contributed by atoms with Crippen molar-refractivity contribution in [3.8, 4) is 0 Å². The molecule has 2 N–H and O–H groups in total. The summed E-state index contributed by atoms with van der Waals surface area (Å²) in [6, 6.07) is 5.62. The minimum absolute atomic E-state index is 0.106. The lowest BCUT2D eigenvalue weighted by atomic mass is 9.67. The van der Waals surface area contributed by atoms with Crippen molar-refractivity contribution in [2.75, 3.05) is 19.6 Å². The van der Waals surface area contributed by atoms with E-state index in [1.54, 1.807) is 6.07 Å². The molecule has 0 aromatic heterocycles. The van der Waals surface area contributed by atoms with Crippen LogP contribution in [-0.2, 0) is 11.0 Å². The van der Waals surface area contributed by atoms with Crippen LogP contribution in [0.1, 0.15) is 29.9 Å². The fourth-order valence-corrected chi connectivity index (χ4v) is 3.64. The van der Waals surface area contributed by atoms with Crippen molar-refractivity contribution in [1.82, 2.24) is 10.6 Å². The van der Waals surface area contributed by atoms with Gasteiger partial charge in [-0.2, -0.15) is 13.2 Å². The van der Waals surface area contributed by atoms with Crippen molar-refractivity contribution in [2.24, 2.45) is 5.41 Å². The summed E-state index contributed by atoms with van der Waals surface area (Å²) in [6.07, 6.45) is -3.23. The zero-order valence-electron chi connectivity index (χ0n) is 11.5. The molecule has 1 aromatic rings. The summed E-state index contributed by atoms with van der Waals surface area (Å²) in [7, 11) is 0. The molecule has 0 saturated carbocycles. The second kappa shape index (κ2) is 5.02. The third-order valence-electron chi connectivity index (χ3n) is 4.72. The topological polar surface area (TPSA) is 41.1 Å². The molecule has 1 aromatic carbocycles. The van der Waals surface area contributed by atoms with Gasteiger partial charge in [0, 0.05) is 12.5 Å². The van der Waals surface area contributed by atoms with E-state index in [0.29, 0.717) is 25.9 Å². The van der Waals surface area contributed by atoms with Gasteiger partial charge in [0.2, 0.25) is 5.91 Å². The lowest BCUT2D eigenvalue weighted by Gasteiger charge is -2.37. The molecule has 114 valence electrons. The van der Waals surface area contributed by atoms with Gasteiger partial charge in [0.05, 0.1) is 11.0 Å². The summed E-state index contributed by atoms with van der Waals surface area (Å²) >= 11 is 0. The van der Waals surface area contributed by atoms with Crippen molar-refractivity contribution in [1.29, 1.82) is 0 Å². The second-order valence-electron chi connectivity index (χ2n) is 5.75. The van der Waals surface area contributed by atoms with Gasteiger partial charge >= 0.3 is 6.18 Å². The molecule has 0 aliphatic carbocycles. The molecule has 2 fully saturated rings. The number of hydrogen-bond donors (Lipinski definition) is 2. The van der Waals surface area contributed by atoms with Crippen molar-refractivity contribution in [2.45, 2.75) is 24.9 Å². The Morgan fingerprint density at radius 3 is 2.48 bits per heavy atom. The number of carbonyl (C=O) groups is 1. The minimum atomic E-state index is -4.39. The first-order chi connectivity index (χ1) is 9.95. The predicted octanol–water partition coefficient (Wildman–Crippen LogP) is 2.29. The highest BCUT2D eigenvalue weighted by molar-refractivity contribution is 5.86. The molecule has 1 amide bonds. The lowest BCUT2D eigenvalue weighted by molar-refractivity contribution is -0.139. The number of benzene rings is 1. The standard InChI is InChI=1S/C15H17F3N2O/c16-15(17,18)11-4-2-1-3-10(11)12-9-20-13(21)14(12)5-7-19-8-6-14/h1-4,12,19H,5-9H2,(H,20,21). The molecule has 2 aliphatic rings. The van der Waals surface area contributed by atoms with Crippen LogP contribution >= 0.6 is 0 Å². The summed E-state index contributed by atoms with van der Waals surface area (Å²) in [4.78, 5) is 12.3. The molecular weight excluding hydrogens is 281 g/mol. The highest BCUT2D eigenvalue weighted by atomic mass is 19.4. The van der Waals surface area contributed by atoms with Gasteiger partial charge in [-0.05, 0) is 37.6 Å². The summed E-state index contributed by atoms with van der Waals surface area (Å²) in [5.41, 5.74) is -1.08. The Labute approximate surface area is 120 Å². The van der Waals surface area contributed by atoms with Crippen molar-refractivity contribution >= 4 is 5.91 Å². The van der Waals surface area contributed by atoms with E-state index in [2.05, 4.69) is 10.6 Å². The first-order valence-electron chi connectivity index (χ1n) is 7.10. The molecule has 21 heavy (non-hydrogen) atoms. The maximum Gasteiger partial charge on any atom is 0.416 e. The van der Waals surface area contributed by atoms with Gasteiger partial charge in [-0.3, -0.25) is 4.79 Å². The Hall–Kier alpha value is -1.56. The predicted molar refractivity (Wildman–Crippen MR) is 71.7 cm³/mol. The maximum absolute atomic E-state index is 13.2. The number of carbonyl (C=O) groups excluding carboxylic acids is 1. The lowest BCUT2D eigenvalue weighted by Crippen LogP contribution is -2.44. The average Bonchev–Trinajstić information content (AvgIpc) is 2.76. The molecule has 6 heteroatoms. The van der Waals surface area contributed by atoms with Crippen LogP contribution in [0, 0.1) is 5.41 Å². The van der Waals surface area contributed by atoms with E-state index in [-0.39, 0.29) is 18.0 Å². The van der Waals surface area contributed by atoms with Crippen LogP contribution in [0.4, 0.5) is 13.2 Å². The Bertz CT molecular complexity index is 550. The molecule has 2 aliphatic heterocycles. The highest BCUT2D eigenvalue weighted by Gasteiger charge is 2.52. The van der Waals surface area contributed by atoms with Gasteiger partial charge in [-0.25, -0.2) is 0 Å². The van der Waals surface area contributed by atoms with Crippen molar-refractivity contribution in [3.63, 3.8) is 0 Å². The molecular formula is C15H17F3N2O. The van der Waals surface area contributed by atoms with Gasteiger partial charge in [0.25, 0.3) is 0 Å². The average molecular weight is 298 g/mol. The molecule has 3 nitrogen and oxygen atoms in total. The first kappa shape index (κ1) is 14.4. The van der Waals surface area contributed by atoms with E-state index >= 15 is 0 Å². The molecule has 0 radical (unpaired) electrons. The summed E-state index contributed by atoms with van der Waals surface area (Å²) in [5, 5.41) is 5.94. The Morgan fingerprint density at radius 2 is 1.81 bits per heavy atom. The monoisotopic (exact) mass is 298 g/mol. The first-order valence-corrected chi connectivity index (χ1v) is 7.10. The Morgan fingerprint density at radius 1 is 1.14 bits per heavy atom. The van der Waals surface area contributed by atoms with E-state index in [0.717, 1.165) is 6.07 Å². The normalized spacial score (nSPS) is 25.1. The Balaban J connectivity index is 2.06. The number of halogens is 3. The van der Waals surface area contributed by atoms with E-state index in [9.17, 15) is 18.0 Å². The maximum atomic E-state index is 13.2. The SMILES string of the molecule is O=C1NCC(c2ccccc2C(F)(F)F)C12CCNCC2. The summed E-state index contributed by atoms with van der Waals surface area (Å²) in [6.45, 7) is 1.61. The number of rotatable bonds is 1. The molecule has 1 unspecified atom stereocenters. The number of alkyl halides is 3. The molecule has 3 rings (SSSR count). The van der Waals surface area contributed by atoms with Crippen LogP contribution in [0.2, 0.25) is 0 Å². The third kappa shape index (κ3) is 2.31. The number of hydrogen-bond acceptors (Lipinski definition) is 2. The van der Waals surface area contributed by atoms with Gasteiger partial charge < -0.3 is 10.6 Å². The van der Waals surface area contributed by atoms with E-state index < -0.39 is 23.1 Å². The summed E-state index contributed by atoms with van der Waals surface area (Å²) < 4.78 is 39.7. The van der Waals surface area contributed by atoms with Crippen LogP contribution < -0.4 is 10.6 Å². The number of piperidine rings is 1. The fraction of sp³-hybridized carbons (Fsp3) is 0.533. The molecule has 0 bridgehead atoms. The second-order valence-corrected chi connectivity index (χ2v) is 5.75. The quantitative estimate of drug-likeness (QED) is 0.835. The largest absolute Gasteiger partial charge is 0.416 e. The van der Waals surface area contributed by atoms with Gasteiger partial charge in [0.1, 0.15) is 0 Å². The summed E-state index contributed by atoms with van der Waals surface area (Å²) in [5.74, 6) is -0.518. The van der Waals surface area contributed by atoms with Crippen LogP contribution in [0.25, 0.3) is 0 Å². The molecule has 2 saturated heterocycles. The highest BCUT2D eigenvalue weighted by Crippen LogP contribution is 2.49. The fourth-order valence-electron chi connectivity index (χ4n) is 3.64. The van der Waals surface area contributed by atoms with Crippen LogP contribution in [0.5, 0.6) is 0 Å². The van der Waals surface area contributed by atoms with E-state index in [4.69, 9.17) is 0 Å². The number of amides is 1. The molecule has 1 spiro atoms. The van der Waals surface area contributed by atoms with E-state index in [1.165, 1.54) is 12.1 Å². The van der Waals surface area contributed by atoms with Crippen LogP contribution in [0.3, 0.4) is 0 Å². The van der Waals surface area contributed by atoms with Crippen LogP contribution in [0.15, 0.2) is 24.3 Å².